The van der Waals surface area contributed by atoms with E-state index in [1.807, 2.05) is 35.9 Å². The first kappa shape index (κ1) is 19.8. The number of aryl methyl sites for hydroxylation is 1. The average molecular weight is 408 g/mol. The first-order chi connectivity index (χ1) is 14.5. The molecule has 1 aliphatic heterocycles. The van der Waals surface area contributed by atoms with Crippen LogP contribution in [0.5, 0.6) is 11.5 Å². The maximum atomic E-state index is 12.8. The Hall–Kier alpha value is -3.55. The molecule has 0 aliphatic carbocycles. The zero-order chi connectivity index (χ0) is 21.3. The van der Waals surface area contributed by atoms with Gasteiger partial charge in [-0.3, -0.25) is 9.59 Å². The molecule has 1 atom stereocenters. The Kier molecular flexibility index (Phi) is 5.31. The third-order valence-electron chi connectivity index (χ3n) is 5.47. The number of fused-ring (bicyclic) bond motifs is 1. The lowest BCUT2D eigenvalue weighted by molar-refractivity contribution is -0.126. The number of carbonyl (C=O) groups is 2. The SMILES string of the molecule is COc1ccc(OC)c(N2CC(C(=O)NCc3nc4ccccc4n3C)CC2=O)c1. The normalized spacial score (nSPS) is 16.2. The largest absolute Gasteiger partial charge is 0.497 e. The standard InChI is InChI=1S/C22H24N4O4/c1-25-17-7-5-4-6-16(17)24-20(25)12-23-22(28)14-10-21(27)26(13-14)18-11-15(29-2)8-9-19(18)30-3/h4-9,11,14H,10,12-13H2,1-3H3,(H,23,28). The van der Waals surface area contributed by atoms with Gasteiger partial charge in [-0.15, -0.1) is 0 Å². The molecule has 156 valence electrons. The minimum Gasteiger partial charge on any atom is -0.497 e. The van der Waals surface area contributed by atoms with E-state index in [2.05, 4.69) is 10.3 Å². The Morgan fingerprint density at radius 2 is 2.00 bits per heavy atom. The maximum absolute atomic E-state index is 12.8. The number of hydrogen-bond acceptors (Lipinski definition) is 5. The summed E-state index contributed by atoms with van der Waals surface area (Å²) < 4.78 is 12.6. The van der Waals surface area contributed by atoms with Crippen molar-refractivity contribution in [3.8, 4) is 11.5 Å². The van der Waals surface area contributed by atoms with Crippen LogP contribution in [0.1, 0.15) is 12.2 Å². The molecule has 8 heteroatoms. The van der Waals surface area contributed by atoms with E-state index in [1.54, 1.807) is 37.3 Å². The van der Waals surface area contributed by atoms with Crippen molar-refractivity contribution in [2.75, 3.05) is 25.7 Å². The van der Waals surface area contributed by atoms with Crippen molar-refractivity contribution in [1.29, 1.82) is 0 Å². The van der Waals surface area contributed by atoms with E-state index >= 15 is 0 Å². The Morgan fingerprint density at radius 3 is 2.73 bits per heavy atom. The summed E-state index contributed by atoms with van der Waals surface area (Å²) in [7, 11) is 5.04. The predicted molar refractivity (Wildman–Crippen MR) is 113 cm³/mol. The lowest BCUT2D eigenvalue weighted by Crippen LogP contribution is -2.33. The van der Waals surface area contributed by atoms with Crippen LogP contribution in [-0.4, -0.2) is 42.1 Å². The van der Waals surface area contributed by atoms with Crippen LogP contribution in [0, 0.1) is 5.92 Å². The average Bonchev–Trinajstić information content (AvgIpc) is 3.31. The van der Waals surface area contributed by atoms with Crippen LogP contribution in [0.3, 0.4) is 0 Å². The Labute approximate surface area is 174 Å². The van der Waals surface area contributed by atoms with Crippen LogP contribution in [0.4, 0.5) is 5.69 Å². The maximum Gasteiger partial charge on any atom is 0.227 e. The zero-order valence-corrected chi connectivity index (χ0v) is 17.2. The quantitative estimate of drug-likeness (QED) is 0.676. The summed E-state index contributed by atoms with van der Waals surface area (Å²) in [4.78, 5) is 31.6. The van der Waals surface area contributed by atoms with Gasteiger partial charge in [0.15, 0.2) is 0 Å². The van der Waals surface area contributed by atoms with Crippen LogP contribution in [0.2, 0.25) is 0 Å². The highest BCUT2D eigenvalue weighted by atomic mass is 16.5. The molecule has 1 saturated heterocycles. The molecule has 0 spiro atoms. The van der Waals surface area contributed by atoms with Gasteiger partial charge < -0.3 is 24.3 Å². The molecule has 8 nitrogen and oxygen atoms in total. The summed E-state index contributed by atoms with van der Waals surface area (Å²) >= 11 is 0. The number of imidazole rings is 1. The predicted octanol–water partition coefficient (Wildman–Crippen LogP) is 2.26. The monoisotopic (exact) mass is 408 g/mol. The fraction of sp³-hybridized carbons (Fsp3) is 0.318. The minimum absolute atomic E-state index is 0.121. The van der Waals surface area contributed by atoms with Gasteiger partial charge in [0.2, 0.25) is 11.8 Å². The van der Waals surface area contributed by atoms with Crippen molar-refractivity contribution in [1.82, 2.24) is 14.9 Å². The third-order valence-corrected chi connectivity index (χ3v) is 5.47. The van der Waals surface area contributed by atoms with Gasteiger partial charge in [-0.1, -0.05) is 12.1 Å². The van der Waals surface area contributed by atoms with Crippen molar-refractivity contribution in [2.24, 2.45) is 13.0 Å². The van der Waals surface area contributed by atoms with Crippen molar-refractivity contribution >= 4 is 28.5 Å². The highest BCUT2D eigenvalue weighted by Gasteiger charge is 2.36. The molecule has 1 N–H and O–H groups in total. The number of rotatable bonds is 6. The fourth-order valence-electron chi connectivity index (χ4n) is 3.79. The highest BCUT2D eigenvalue weighted by molar-refractivity contribution is 6.01. The first-order valence-electron chi connectivity index (χ1n) is 9.72. The van der Waals surface area contributed by atoms with Crippen molar-refractivity contribution in [3.63, 3.8) is 0 Å². The number of aromatic nitrogens is 2. The zero-order valence-electron chi connectivity index (χ0n) is 17.2. The van der Waals surface area contributed by atoms with Crippen LogP contribution in [0.25, 0.3) is 11.0 Å². The van der Waals surface area contributed by atoms with Crippen molar-refractivity contribution in [2.45, 2.75) is 13.0 Å². The number of ether oxygens (including phenoxy) is 2. The van der Waals surface area contributed by atoms with Crippen LogP contribution in [-0.2, 0) is 23.2 Å². The van der Waals surface area contributed by atoms with Gasteiger partial charge >= 0.3 is 0 Å². The molecular formula is C22H24N4O4. The number of hydrogen-bond donors (Lipinski definition) is 1. The number of nitrogens with one attached hydrogen (secondary N) is 1. The second-order valence-corrected chi connectivity index (χ2v) is 7.24. The van der Waals surface area contributed by atoms with Gasteiger partial charge in [0.1, 0.15) is 17.3 Å². The van der Waals surface area contributed by atoms with E-state index in [4.69, 9.17) is 9.47 Å². The number of anilines is 1. The molecule has 1 aliphatic rings. The third kappa shape index (κ3) is 3.56. The smallest absolute Gasteiger partial charge is 0.227 e. The number of methoxy groups -OCH3 is 2. The summed E-state index contributed by atoms with van der Waals surface area (Å²) in [6.45, 7) is 0.591. The summed E-state index contributed by atoms with van der Waals surface area (Å²) in [6.07, 6.45) is 0.148. The molecule has 3 aromatic rings. The number of para-hydroxylation sites is 2. The molecule has 0 saturated carbocycles. The lowest BCUT2D eigenvalue weighted by Gasteiger charge is -2.20. The van der Waals surface area contributed by atoms with Gasteiger partial charge in [0, 0.05) is 26.1 Å². The van der Waals surface area contributed by atoms with Gasteiger partial charge in [0.25, 0.3) is 0 Å². The van der Waals surface area contributed by atoms with Crippen molar-refractivity contribution in [3.05, 3.63) is 48.3 Å². The van der Waals surface area contributed by atoms with Crippen molar-refractivity contribution < 1.29 is 19.1 Å². The number of nitrogens with zero attached hydrogens (tertiary/aromatic N) is 3. The highest BCUT2D eigenvalue weighted by Crippen LogP contribution is 2.36. The molecule has 0 radical (unpaired) electrons. The molecule has 30 heavy (non-hydrogen) atoms. The number of amides is 2. The number of carbonyl (C=O) groups excluding carboxylic acids is 2. The summed E-state index contributed by atoms with van der Waals surface area (Å²) in [5.74, 6) is 1.21. The fourth-order valence-corrected chi connectivity index (χ4v) is 3.79. The van der Waals surface area contributed by atoms with Gasteiger partial charge in [-0.2, -0.15) is 0 Å². The molecule has 2 amide bonds. The van der Waals surface area contributed by atoms with Gasteiger partial charge in [0.05, 0.1) is 43.4 Å². The van der Waals surface area contributed by atoms with E-state index < -0.39 is 5.92 Å². The Balaban J connectivity index is 1.46. The van der Waals surface area contributed by atoms with E-state index in [1.165, 1.54) is 0 Å². The number of benzene rings is 2. The second kappa shape index (κ2) is 8.06. The van der Waals surface area contributed by atoms with Crippen LogP contribution >= 0.6 is 0 Å². The van der Waals surface area contributed by atoms with E-state index in [9.17, 15) is 9.59 Å². The molecule has 2 aromatic carbocycles. The van der Waals surface area contributed by atoms with Crippen LogP contribution < -0.4 is 19.7 Å². The molecule has 1 fully saturated rings. The van der Waals surface area contributed by atoms with Gasteiger partial charge in [-0.05, 0) is 24.3 Å². The van der Waals surface area contributed by atoms with E-state index in [0.717, 1.165) is 16.9 Å². The first-order valence-corrected chi connectivity index (χ1v) is 9.72. The Bertz CT molecular complexity index is 1110. The summed E-state index contributed by atoms with van der Waals surface area (Å²) in [5, 5.41) is 2.93. The topological polar surface area (TPSA) is 85.7 Å². The summed E-state index contributed by atoms with van der Waals surface area (Å²) in [6, 6.07) is 13.1. The lowest BCUT2D eigenvalue weighted by atomic mass is 10.1. The van der Waals surface area contributed by atoms with Crippen LogP contribution in [0.15, 0.2) is 42.5 Å². The molecule has 1 unspecified atom stereocenters. The molecule has 0 bridgehead atoms. The molecule has 1 aromatic heterocycles. The van der Waals surface area contributed by atoms with E-state index in [0.29, 0.717) is 23.7 Å². The minimum atomic E-state index is -0.442. The van der Waals surface area contributed by atoms with E-state index in [-0.39, 0.29) is 24.8 Å². The Morgan fingerprint density at radius 1 is 1.20 bits per heavy atom. The molecule has 2 heterocycles. The molecule has 4 rings (SSSR count). The molecular weight excluding hydrogens is 384 g/mol. The summed E-state index contributed by atoms with van der Waals surface area (Å²) in [5.41, 5.74) is 2.50. The van der Waals surface area contributed by atoms with Gasteiger partial charge in [-0.25, -0.2) is 4.98 Å². The second-order valence-electron chi connectivity index (χ2n) is 7.24.